The summed E-state index contributed by atoms with van der Waals surface area (Å²) in [5, 5.41) is 3.75. The normalized spacial score (nSPS) is 15.1. The van der Waals surface area contributed by atoms with E-state index in [1.807, 2.05) is 40.9 Å². The Bertz CT molecular complexity index is 1200. The molecule has 178 valence electrons. The number of anilines is 1. The molecule has 4 rings (SSSR count). The second-order valence-electron chi connectivity index (χ2n) is 8.24. The number of nitrogens with two attached hydrogens (primary N) is 1. The molecule has 6 nitrogen and oxygen atoms in total. The molecule has 0 spiro atoms. The van der Waals surface area contributed by atoms with Gasteiger partial charge in [0.15, 0.2) is 0 Å². The van der Waals surface area contributed by atoms with Crippen molar-refractivity contribution in [3.8, 4) is 11.4 Å². The van der Waals surface area contributed by atoms with Crippen molar-refractivity contribution in [2.75, 3.05) is 31.8 Å². The third-order valence-corrected chi connectivity index (χ3v) is 5.81. The molecule has 0 bridgehead atoms. The van der Waals surface area contributed by atoms with Gasteiger partial charge in [-0.1, -0.05) is 12.6 Å². The summed E-state index contributed by atoms with van der Waals surface area (Å²) in [6, 6.07) is 9.47. The molecule has 1 fully saturated rings. The van der Waals surface area contributed by atoms with Crippen molar-refractivity contribution in [1.82, 2.24) is 14.6 Å². The number of methoxy groups -OCH3 is 1. The lowest BCUT2D eigenvalue weighted by molar-refractivity contribution is 0.296. The average Bonchev–Trinajstić information content (AvgIpc) is 3.24. The lowest BCUT2D eigenvalue weighted by Gasteiger charge is -2.42. The number of halogens is 2. The molecule has 0 saturated carbocycles. The number of hydrazine groups is 1. The van der Waals surface area contributed by atoms with Crippen molar-refractivity contribution in [2.24, 2.45) is 5.73 Å². The maximum atomic E-state index is 13.9. The summed E-state index contributed by atoms with van der Waals surface area (Å²) in [4.78, 5) is 4.29. The number of imidazole rings is 1. The first kappa shape index (κ1) is 23.5. The highest BCUT2D eigenvalue weighted by Crippen LogP contribution is 2.33. The SMILES string of the molecule is C=C1/C(=C/c2ccc(-n3cnc(C)c3)c(OC)c2)CCCN1N(CCN)c1cc(F)cc(F)c1. The van der Waals surface area contributed by atoms with Gasteiger partial charge in [0.2, 0.25) is 0 Å². The van der Waals surface area contributed by atoms with Crippen molar-refractivity contribution < 1.29 is 13.5 Å². The minimum Gasteiger partial charge on any atom is -0.495 e. The van der Waals surface area contributed by atoms with Crippen molar-refractivity contribution in [3.63, 3.8) is 0 Å². The summed E-state index contributed by atoms with van der Waals surface area (Å²) in [6.45, 7) is 7.65. The maximum Gasteiger partial charge on any atom is 0.143 e. The number of benzene rings is 2. The number of piperidine rings is 1. The van der Waals surface area contributed by atoms with Gasteiger partial charge in [0, 0.05) is 25.4 Å². The van der Waals surface area contributed by atoms with Crippen LogP contribution in [0.5, 0.6) is 5.75 Å². The number of hydrogen-bond acceptors (Lipinski definition) is 5. The molecule has 3 aromatic rings. The molecule has 0 unspecified atom stereocenters. The van der Waals surface area contributed by atoms with Crippen molar-refractivity contribution >= 4 is 11.8 Å². The first-order chi connectivity index (χ1) is 16.4. The fourth-order valence-electron chi connectivity index (χ4n) is 4.24. The predicted octanol–water partition coefficient (Wildman–Crippen LogP) is 4.84. The first-order valence-electron chi connectivity index (χ1n) is 11.2. The van der Waals surface area contributed by atoms with Crippen LogP contribution in [-0.4, -0.2) is 41.3 Å². The van der Waals surface area contributed by atoms with Crippen LogP contribution in [0, 0.1) is 18.6 Å². The third-order valence-electron chi connectivity index (χ3n) is 5.81. The Morgan fingerprint density at radius 2 is 1.97 bits per heavy atom. The van der Waals surface area contributed by atoms with E-state index < -0.39 is 11.6 Å². The molecule has 2 N–H and O–H groups in total. The number of ether oxygens (including phenoxy) is 1. The van der Waals surface area contributed by atoms with E-state index >= 15 is 0 Å². The van der Waals surface area contributed by atoms with Gasteiger partial charge in [0.05, 0.1) is 42.7 Å². The van der Waals surface area contributed by atoms with Crippen LogP contribution >= 0.6 is 0 Å². The van der Waals surface area contributed by atoms with Gasteiger partial charge in [-0.05, 0) is 61.2 Å². The van der Waals surface area contributed by atoms with E-state index in [0.717, 1.165) is 52.9 Å². The summed E-state index contributed by atoms with van der Waals surface area (Å²) < 4.78 is 35.4. The molecule has 1 aliphatic rings. The fraction of sp³-hybridized carbons (Fsp3) is 0.269. The van der Waals surface area contributed by atoms with Gasteiger partial charge in [-0.2, -0.15) is 0 Å². The van der Waals surface area contributed by atoms with E-state index in [-0.39, 0.29) is 0 Å². The van der Waals surface area contributed by atoms with Gasteiger partial charge in [-0.15, -0.1) is 0 Å². The zero-order valence-electron chi connectivity index (χ0n) is 19.5. The molecule has 2 aromatic carbocycles. The van der Waals surface area contributed by atoms with E-state index in [0.29, 0.717) is 25.3 Å². The van der Waals surface area contributed by atoms with Gasteiger partial charge in [0.1, 0.15) is 17.4 Å². The number of nitrogens with zero attached hydrogens (tertiary/aromatic N) is 4. The highest BCUT2D eigenvalue weighted by Gasteiger charge is 2.24. The van der Waals surface area contributed by atoms with Crippen LogP contribution in [0.2, 0.25) is 0 Å². The Labute approximate surface area is 198 Å². The van der Waals surface area contributed by atoms with Crippen LogP contribution in [0.3, 0.4) is 0 Å². The Balaban J connectivity index is 1.63. The summed E-state index contributed by atoms with van der Waals surface area (Å²) in [6.07, 6.45) is 7.49. The minimum atomic E-state index is -0.629. The van der Waals surface area contributed by atoms with E-state index in [2.05, 4.69) is 17.6 Å². The van der Waals surface area contributed by atoms with Crippen LogP contribution in [0.25, 0.3) is 11.8 Å². The zero-order chi connectivity index (χ0) is 24.2. The van der Waals surface area contributed by atoms with Crippen LogP contribution < -0.4 is 15.5 Å². The highest BCUT2D eigenvalue weighted by molar-refractivity contribution is 5.63. The number of aromatic nitrogens is 2. The van der Waals surface area contributed by atoms with Crippen molar-refractivity contribution in [3.05, 3.63) is 89.7 Å². The van der Waals surface area contributed by atoms with Crippen molar-refractivity contribution in [1.29, 1.82) is 0 Å². The van der Waals surface area contributed by atoms with E-state index in [9.17, 15) is 8.78 Å². The second-order valence-corrected chi connectivity index (χ2v) is 8.24. The smallest absolute Gasteiger partial charge is 0.143 e. The Kier molecular flexibility index (Phi) is 6.98. The van der Waals surface area contributed by atoms with Crippen LogP contribution in [0.1, 0.15) is 24.1 Å². The summed E-state index contributed by atoms with van der Waals surface area (Å²) in [5.74, 6) is -0.531. The van der Waals surface area contributed by atoms with Crippen LogP contribution in [0.15, 0.2) is 66.8 Å². The molecule has 0 aliphatic carbocycles. The standard InChI is InChI=1S/C26H29F2N5O/c1-18-16-31(17-30-18)25-7-6-20(12-26(25)34-3)11-21-5-4-9-32(19(21)2)33(10-8-29)24-14-22(27)13-23(28)15-24/h6-7,11-17H,2,4-5,8-10,29H2,1,3H3/b21-11+. The number of aryl methyl sites for hydroxylation is 1. The number of rotatable bonds is 7. The van der Waals surface area contributed by atoms with Crippen LogP contribution in [0.4, 0.5) is 14.5 Å². The lowest BCUT2D eigenvalue weighted by atomic mass is 9.99. The summed E-state index contributed by atoms with van der Waals surface area (Å²) >= 11 is 0. The zero-order valence-corrected chi connectivity index (χ0v) is 19.5. The monoisotopic (exact) mass is 465 g/mol. The molecule has 1 aromatic heterocycles. The molecule has 34 heavy (non-hydrogen) atoms. The third kappa shape index (κ3) is 4.97. The average molecular weight is 466 g/mol. The summed E-state index contributed by atoms with van der Waals surface area (Å²) in [5.41, 5.74) is 10.8. The van der Waals surface area contributed by atoms with E-state index in [1.54, 1.807) is 18.4 Å². The predicted molar refractivity (Wildman–Crippen MR) is 131 cm³/mol. The van der Waals surface area contributed by atoms with Crippen molar-refractivity contribution in [2.45, 2.75) is 19.8 Å². The molecule has 2 heterocycles. The van der Waals surface area contributed by atoms with E-state index in [1.165, 1.54) is 12.1 Å². The molecular weight excluding hydrogens is 436 g/mol. The second kappa shape index (κ2) is 10.1. The Morgan fingerprint density at radius 3 is 2.62 bits per heavy atom. The highest BCUT2D eigenvalue weighted by atomic mass is 19.1. The Hall–Kier alpha value is -3.65. The quantitative estimate of drug-likeness (QED) is 0.541. The van der Waals surface area contributed by atoms with Gasteiger partial charge in [-0.25, -0.2) is 13.8 Å². The topological polar surface area (TPSA) is 59.5 Å². The van der Waals surface area contributed by atoms with Gasteiger partial charge < -0.3 is 15.0 Å². The first-order valence-corrected chi connectivity index (χ1v) is 11.2. The number of allylic oxidation sites excluding steroid dienone is 1. The molecule has 8 heteroatoms. The Morgan fingerprint density at radius 1 is 1.21 bits per heavy atom. The van der Waals surface area contributed by atoms with Crippen LogP contribution in [-0.2, 0) is 0 Å². The molecule has 1 aliphatic heterocycles. The molecule has 1 saturated heterocycles. The van der Waals surface area contributed by atoms with Gasteiger partial charge >= 0.3 is 0 Å². The van der Waals surface area contributed by atoms with Gasteiger partial charge in [0.25, 0.3) is 0 Å². The van der Waals surface area contributed by atoms with E-state index in [4.69, 9.17) is 10.5 Å². The fourth-order valence-corrected chi connectivity index (χ4v) is 4.24. The minimum absolute atomic E-state index is 0.327. The number of hydrogen-bond donors (Lipinski definition) is 1. The molecule has 0 amide bonds. The largest absolute Gasteiger partial charge is 0.495 e. The maximum absolute atomic E-state index is 13.9. The van der Waals surface area contributed by atoms with Gasteiger partial charge in [-0.3, -0.25) is 10.0 Å². The lowest BCUT2D eigenvalue weighted by Crippen LogP contribution is -2.47. The summed E-state index contributed by atoms with van der Waals surface area (Å²) in [7, 11) is 1.64. The molecular formula is C26H29F2N5O. The molecule has 0 atom stereocenters. The molecule has 0 radical (unpaired) electrons.